The summed E-state index contributed by atoms with van der Waals surface area (Å²) in [5.74, 6) is 0.107. The number of anilines is 3. The van der Waals surface area contributed by atoms with Crippen LogP contribution in [-0.4, -0.2) is 22.4 Å². The monoisotopic (exact) mass is 497 g/mol. The number of para-hydroxylation sites is 3. The highest BCUT2D eigenvalue weighted by Gasteiger charge is 2.28. The number of nitrogens with zero attached hydrogens (tertiary/aromatic N) is 7. The number of hydrogen-bond acceptors (Lipinski definition) is 8. The van der Waals surface area contributed by atoms with Gasteiger partial charge >= 0.3 is 0 Å². The van der Waals surface area contributed by atoms with Crippen LogP contribution >= 0.6 is 11.8 Å². The molecular formula is C29H19N7S. The molecule has 0 aliphatic carbocycles. The molecule has 0 radical (unpaired) electrons. The maximum absolute atomic E-state index is 9.25. The molecule has 0 spiro atoms. The van der Waals surface area contributed by atoms with Gasteiger partial charge in [0.15, 0.2) is 5.70 Å². The normalized spacial score (nSPS) is 12.7. The summed E-state index contributed by atoms with van der Waals surface area (Å²) in [6.45, 7) is 5.33. The van der Waals surface area contributed by atoms with Crippen molar-refractivity contribution in [2.24, 2.45) is 9.98 Å². The van der Waals surface area contributed by atoms with E-state index in [1.165, 1.54) is 6.20 Å². The lowest BCUT2D eigenvalue weighted by Gasteiger charge is -2.35. The summed E-state index contributed by atoms with van der Waals surface area (Å²) in [5, 5.41) is 18.4. The minimum absolute atomic E-state index is 0.107. The number of aliphatic imine (C=N–C) groups is 2. The van der Waals surface area contributed by atoms with Crippen LogP contribution in [0.4, 0.5) is 17.1 Å². The lowest BCUT2D eigenvalue weighted by molar-refractivity contribution is 1.11. The van der Waals surface area contributed by atoms with E-state index >= 15 is 0 Å². The summed E-state index contributed by atoms with van der Waals surface area (Å²) in [7, 11) is 0. The number of nitriles is 2. The highest BCUT2D eigenvalue weighted by Crippen LogP contribution is 2.53. The molecule has 0 N–H and O–H groups in total. The van der Waals surface area contributed by atoms with Crippen LogP contribution in [0.1, 0.15) is 18.3 Å². The van der Waals surface area contributed by atoms with E-state index in [1.54, 1.807) is 24.2 Å². The summed E-state index contributed by atoms with van der Waals surface area (Å²) in [6, 6.07) is 26.4. The van der Waals surface area contributed by atoms with E-state index < -0.39 is 0 Å². The molecule has 1 aliphatic heterocycles. The first-order chi connectivity index (χ1) is 18.1. The second-order valence-corrected chi connectivity index (χ2v) is 9.06. The van der Waals surface area contributed by atoms with E-state index in [1.807, 2.05) is 61.5 Å². The summed E-state index contributed by atoms with van der Waals surface area (Å²) < 4.78 is 0. The standard InChI is InChI=1S/C29H19N7S/c1-19(33-18-21(14-30)32-2)22-8-7-9-23(20-16-34-28(15-31)35-17-20)29(22)36-24-10-3-5-12-26(24)37-27-13-6-4-11-25(27)36/h3-13,16-18H,2H2,1H3/b21-18-,33-19?. The Hall–Kier alpha value is -5.05. The first-order valence-electron chi connectivity index (χ1n) is 11.3. The fourth-order valence-corrected chi connectivity index (χ4v) is 5.17. The van der Waals surface area contributed by atoms with Gasteiger partial charge in [0.1, 0.15) is 12.1 Å². The van der Waals surface area contributed by atoms with Crippen LogP contribution < -0.4 is 4.90 Å². The Morgan fingerprint density at radius 1 is 0.946 bits per heavy atom. The number of hydrogen-bond donors (Lipinski definition) is 0. The van der Waals surface area contributed by atoms with Crippen molar-refractivity contribution < 1.29 is 0 Å². The highest BCUT2D eigenvalue weighted by molar-refractivity contribution is 7.99. The molecule has 0 saturated carbocycles. The van der Waals surface area contributed by atoms with Crippen molar-refractivity contribution in [2.75, 3.05) is 4.90 Å². The van der Waals surface area contributed by atoms with Crippen molar-refractivity contribution in [1.29, 1.82) is 10.5 Å². The first kappa shape index (κ1) is 23.7. The fraction of sp³-hybridized carbons (Fsp3) is 0.0345. The summed E-state index contributed by atoms with van der Waals surface area (Å²) in [6.07, 6.45) is 4.73. The zero-order chi connectivity index (χ0) is 25.8. The lowest BCUT2D eigenvalue weighted by atomic mass is 9.97. The zero-order valence-corrected chi connectivity index (χ0v) is 20.6. The van der Waals surface area contributed by atoms with E-state index in [0.717, 1.165) is 43.5 Å². The maximum Gasteiger partial charge on any atom is 0.232 e. The molecule has 7 nitrogen and oxygen atoms in total. The van der Waals surface area contributed by atoms with Gasteiger partial charge in [0.05, 0.1) is 23.3 Å². The number of fused-ring (bicyclic) bond motifs is 2. The van der Waals surface area contributed by atoms with Gasteiger partial charge in [-0.1, -0.05) is 54.2 Å². The topological polar surface area (TPSA) is 101 Å². The van der Waals surface area contributed by atoms with Gasteiger partial charge in [-0.2, -0.15) is 10.5 Å². The van der Waals surface area contributed by atoms with E-state index in [0.29, 0.717) is 5.71 Å². The first-order valence-corrected chi connectivity index (χ1v) is 12.1. The van der Waals surface area contributed by atoms with Gasteiger partial charge in [0.2, 0.25) is 5.82 Å². The summed E-state index contributed by atoms with van der Waals surface area (Å²) in [5.41, 5.74) is 6.26. The third-order valence-electron chi connectivity index (χ3n) is 5.81. The molecule has 1 aromatic heterocycles. The highest BCUT2D eigenvalue weighted by atomic mass is 32.2. The van der Waals surface area contributed by atoms with Crippen molar-refractivity contribution in [3.05, 3.63) is 102 Å². The number of aromatic nitrogens is 2. The van der Waals surface area contributed by atoms with Crippen LogP contribution in [0.2, 0.25) is 0 Å². The predicted molar refractivity (Wildman–Crippen MR) is 146 cm³/mol. The third-order valence-corrected chi connectivity index (χ3v) is 6.94. The predicted octanol–water partition coefficient (Wildman–Crippen LogP) is 6.82. The fourth-order valence-electron chi connectivity index (χ4n) is 4.11. The van der Waals surface area contributed by atoms with E-state index in [-0.39, 0.29) is 11.5 Å². The molecule has 0 atom stereocenters. The van der Waals surface area contributed by atoms with Gasteiger partial charge < -0.3 is 4.90 Å². The maximum atomic E-state index is 9.25. The Morgan fingerprint density at radius 3 is 2.19 bits per heavy atom. The molecule has 0 unspecified atom stereocenters. The minimum atomic E-state index is 0.107. The quantitative estimate of drug-likeness (QED) is 0.195. The minimum Gasteiger partial charge on any atom is -0.307 e. The number of rotatable bonds is 5. The van der Waals surface area contributed by atoms with Crippen molar-refractivity contribution in [1.82, 2.24) is 9.97 Å². The average Bonchev–Trinajstić information content (AvgIpc) is 2.96. The Balaban J connectivity index is 1.82. The SMILES string of the molecule is C=N/C(C#N)=C\N=C(C)c1cccc(-c2cnc(C#N)nc2)c1N1c2ccccc2Sc2ccccc21. The van der Waals surface area contributed by atoms with Crippen molar-refractivity contribution in [3.8, 4) is 23.3 Å². The van der Waals surface area contributed by atoms with Gasteiger partial charge in [-0.25, -0.2) is 9.97 Å². The van der Waals surface area contributed by atoms with Crippen LogP contribution in [0.25, 0.3) is 11.1 Å². The molecule has 8 heteroatoms. The van der Waals surface area contributed by atoms with Gasteiger partial charge in [-0.3, -0.25) is 9.98 Å². The molecule has 37 heavy (non-hydrogen) atoms. The summed E-state index contributed by atoms with van der Waals surface area (Å²) in [4.78, 5) is 21.2. The second-order valence-electron chi connectivity index (χ2n) is 7.98. The molecule has 176 valence electrons. The molecule has 1 aliphatic rings. The van der Waals surface area contributed by atoms with Crippen molar-refractivity contribution >= 4 is 41.3 Å². The van der Waals surface area contributed by atoms with E-state index in [9.17, 15) is 10.5 Å². The van der Waals surface area contributed by atoms with Gasteiger partial charge in [0, 0.05) is 44.6 Å². The largest absolute Gasteiger partial charge is 0.307 e. The molecule has 2 heterocycles. The lowest BCUT2D eigenvalue weighted by Crippen LogP contribution is -2.18. The number of benzene rings is 3. The Bertz CT molecular complexity index is 1610. The molecule has 0 amide bonds. The van der Waals surface area contributed by atoms with Crippen LogP contribution in [-0.2, 0) is 0 Å². The van der Waals surface area contributed by atoms with Crippen LogP contribution in [0, 0.1) is 22.7 Å². The molecule has 5 rings (SSSR count). The van der Waals surface area contributed by atoms with E-state index in [2.05, 4.69) is 55.8 Å². The van der Waals surface area contributed by atoms with Crippen LogP contribution in [0.5, 0.6) is 0 Å². The molecule has 0 saturated heterocycles. The second kappa shape index (κ2) is 10.3. The van der Waals surface area contributed by atoms with Crippen molar-refractivity contribution in [3.63, 3.8) is 0 Å². The molecule has 3 aromatic carbocycles. The Kier molecular flexibility index (Phi) is 6.58. The van der Waals surface area contributed by atoms with Crippen molar-refractivity contribution in [2.45, 2.75) is 16.7 Å². The van der Waals surface area contributed by atoms with Crippen LogP contribution in [0.3, 0.4) is 0 Å². The summed E-state index contributed by atoms with van der Waals surface area (Å²) >= 11 is 1.72. The van der Waals surface area contributed by atoms with Gasteiger partial charge in [-0.15, -0.1) is 0 Å². The smallest absolute Gasteiger partial charge is 0.232 e. The van der Waals surface area contributed by atoms with E-state index in [4.69, 9.17) is 0 Å². The van der Waals surface area contributed by atoms with Crippen LogP contribution in [0.15, 0.2) is 111 Å². The van der Waals surface area contributed by atoms with Gasteiger partial charge in [-0.05, 0) is 37.9 Å². The zero-order valence-electron chi connectivity index (χ0n) is 19.8. The molecule has 0 fully saturated rings. The molecular weight excluding hydrogens is 478 g/mol. The average molecular weight is 498 g/mol. The Labute approximate surface area is 218 Å². The Morgan fingerprint density at radius 2 is 1.59 bits per heavy atom. The molecule has 0 bridgehead atoms. The third kappa shape index (κ3) is 4.50. The number of allylic oxidation sites excluding steroid dienone is 1. The molecule has 4 aromatic rings. The van der Waals surface area contributed by atoms with Gasteiger partial charge in [0.25, 0.3) is 0 Å².